The van der Waals surface area contributed by atoms with E-state index in [1.165, 1.54) is 68.7 Å². The Kier molecular flexibility index (Phi) is 43.8. The van der Waals surface area contributed by atoms with Gasteiger partial charge in [-0.15, -0.1) is 102 Å². The molecule has 106 heavy (non-hydrogen) atoms. The number of carbonyl (C=O) groups is 2. The van der Waals surface area contributed by atoms with Crippen LogP contribution < -0.4 is 5.10 Å². The molecule has 16 nitrogen and oxygen atoms in total. The minimum absolute atomic E-state index is 0. The molecule has 558 valence electrons. The Labute approximate surface area is 700 Å². The zero-order chi connectivity index (χ0) is 71.1. The standard InChI is InChI=1S/C15H11N2.C14H8N2S.C13H9F3N.C12H8N3.C8H6N3.C8H8N.2C5H8O2.6Ir/c1-3-7-13(8-4-1)15-16-11-12-17(15)14-9-5-2-6-10-14;1-3-7-11-9(5-1)10-6-2-4-8-12(10)14-13(11)15-17-16-14;1-9-6-10(12-4-2-3-5-17-12)8-11(7-9)13(14,15)16;1-2-6-10(7-3-1)15-13-11-8-4-5-9-12(11)14-15;1-2-5-9-7(3-1)8-4-6-10-11-8;1-2-5-8-6-3-4-7-9-8;2*1-4(6)3-5(2)7;;;;;;/h1-7,9-12H;1-7,14H;2-7H,1H3;1-6,8-9H;1-6H;3-7H,1H3;2*3,6H,1-2H3;;;;;;/q-1;-2;4*-1;;;;;;;;. The van der Waals surface area contributed by atoms with Gasteiger partial charge in [0, 0.05) is 187 Å². The monoisotopic (exact) mass is 2510 g/mol. The summed E-state index contributed by atoms with van der Waals surface area (Å²) in [5, 5.41) is 33.0. The van der Waals surface area contributed by atoms with Crippen molar-refractivity contribution in [3.05, 3.63) is 342 Å². The fourth-order valence-electron chi connectivity index (χ4n) is 9.37. The number of halogens is 3. The topological polar surface area (TPSA) is 215 Å². The van der Waals surface area contributed by atoms with Crippen LogP contribution in [0.3, 0.4) is 0 Å². The quantitative estimate of drug-likeness (QED) is 0.0627. The van der Waals surface area contributed by atoms with Crippen LogP contribution in [-0.2, 0) is 136 Å². The number of aryl methyl sites for hydroxylation is 1. The number of alkyl halides is 3. The van der Waals surface area contributed by atoms with E-state index in [1.807, 2.05) is 171 Å². The fraction of sp³-hybridized carbons (Fsp3) is 0.100. The molecule has 0 spiro atoms. The van der Waals surface area contributed by atoms with Crippen LogP contribution in [0.15, 0.2) is 284 Å². The van der Waals surface area contributed by atoms with Crippen LogP contribution in [0.4, 0.5) is 13.2 Å². The molecule has 0 fully saturated rings. The predicted octanol–water partition coefficient (Wildman–Crippen LogP) is 18.5. The SMILES string of the molecule is CC(=O)C=C(C)O.CC(=O)C=C(C)O.C[C-]=Cc1ccccn1.Cc1cc(-c2ccccn2)[c-]c(C(F)(F)F)c1.[Ir].[Ir].[Ir].[Ir].[Ir].[Ir].[c-]1cccc2c1C1[N-]SN=C1c1ccccc1-2.[c-]1ccccc1-c1nccn1-c1ccccc1.[c-]1ccccc1-n1nc2ccccc2n1.c1ccc(-c2ccn[n-]2)nc1. The van der Waals surface area contributed by atoms with Gasteiger partial charge >= 0.3 is 6.18 Å². The zero-order valence-corrected chi connectivity index (χ0v) is 72.4. The van der Waals surface area contributed by atoms with Crippen LogP contribution in [0.1, 0.15) is 68.6 Å². The van der Waals surface area contributed by atoms with Crippen molar-refractivity contribution in [2.45, 2.75) is 53.8 Å². The second kappa shape index (κ2) is 49.5. The molecule has 13 aromatic rings. The maximum Gasteiger partial charge on any atom is 0.399 e. The number of benzene rings is 7. The largest absolute Gasteiger partial charge is 0.576 e. The third-order valence-corrected chi connectivity index (χ3v) is 14.1. The van der Waals surface area contributed by atoms with Crippen molar-refractivity contribution in [2.75, 3.05) is 0 Å². The van der Waals surface area contributed by atoms with Crippen molar-refractivity contribution in [3.63, 3.8) is 0 Å². The fourth-order valence-corrected chi connectivity index (χ4v) is 10.0. The van der Waals surface area contributed by atoms with Gasteiger partial charge in [0.15, 0.2) is 11.6 Å². The van der Waals surface area contributed by atoms with Gasteiger partial charge in [-0.1, -0.05) is 115 Å². The van der Waals surface area contributed by atoms with E-state index in [-0.39, 0.29) is 150 Å². The van der Waals surface area contributed by atoms with Crippen molar-refractivity contribution < 1.29 is 154 Å². The summed E-state index contributed by atoms with van der Waals surface area (Å²) in [6.07, 6.45) is 13.2. The molecule has 2 N–H and O–H groups in total. The van der Waals surface area contributed by atoms with Gasteiger partial charge in [0.05, 0.1) is 17.3 Å². The molecule has 0 saturated heterocycles. The number of aliphatic hydroxyl groups excluding tert-OH is 2. The number of rotatable bonds is 8. The molecule has 0 amide bonds. The van der Waals surface area contributed by atoms with Crippen LogP contribution in [0.2, 0.25) is 0 Å². The Hall–Kier alpha value is -8.36. The predicted molar refractivity (Wildman–Crippen MR) is 387 cm³/mol. The molecule has 1 aliphatic carbocycles. The molecular formula is C80H66F3Ir6N12O4S-7. The van der Waals surface area contributed by atoms with Gasteiger partial charge in [-0.3, -0.25) is 25.6 Å². The van der Waals surface area contributed by atoms with E-state index >= 15 is 0 Å². The average molecular weight is 2500 g/mol. The van der Waals surface area contributed by atoms with E-state index in [2.05, 4.69) is 127 Å². The Morgan fingerprint density at radius 3 is 1.65 bits per heavy atom. The third-order valence-electron chi connectivity index (χ3n) is 13.5. The molecule has 0 bridgehead atoms. The summed E-state index contributed by atoms with van der Waals surface area (Å²) < 4.78 is 48.8. The van der Waals surface area contributed by atoms with Crippen molar-refractivity contribution in [3.8, 4) is 56.5 Å². The van der Waals surface area contributed by atoms with E-state index in [1.54, 1.807) is 60.8 Å². The number of pyridine rings is 3. The minimum Gasteiger partial charge on any atom is -0.576 e. The number of aromatic nitrogens is 10. The zero-order valence-electron chi connectivity index (χ0n) is 57.2. The summed E-state index contributed by atoms with van der Waals surface area (Å²) in [4.78, 5) is 38.2. The molecule has 1 aliphatic heterocycles. The summed E-state index contributed by atoms with van der Waals surface area (Å²) >= 11 is 1.30. The van der Waals surface area contributed by atoms with Gasteiger partial charge < -0.3 is 39.7 Å². The minimum atomic E-state index is -4.38. The molecule has 0 saturated carbocycles. The summed E-state index contributed by atoms with van der Waals surface area (Å²) in [5.41, 5.74) is 13.9. The van der Waals surface area contributed by atoms with Crippen LogP contribution in [0.25, 0.3) is 78.4 Å². The third kappa shape index (κ3) is 30.1. The second-order valence-electron chi connectivity index (χ2n) is 21.4. The molecule has 6 aromatic heterocycles. The normalized spacial score (nSPS) is 11.7. The number of para-hydroxylation sites is 2. The van der Waals surface area contributed by atoms with Gasteiger partial charge in [-0.2, -0.15) is 82.3 Å². The van der Waals surface area contributed by atoms with E-state index in [4.69, 9.17) is 10.2 Å². The molecule has 7 aromatic carbocycles. The summed E-state index contributed by atoms with van der Waals surface area (Å²) in [6, 6.07) is 81.2. The van der Waals surface area contributed by atoms with Crippen LogP contribution in [-0.4, -0.2) is 72.1 Å². The first kappa shape index (κ1) is 93.7. The summed E-state index contributed by atoms with van der Waals surface area (Å²) in [7, 11) is 0. The number of fused-ring (bicyclic) bond motifs is 7. The Morgan fingerprint density at radius 1 is 0.566 bits per heavy atom. The Bertz CT molecular complexity index is 4700. The van der Waals surface area contributed by atoms with Crippen LogP contribution in [0, 0.1) is 37.3 Å². The van der Waals surface area contributed by atoms with Crippen molar-refractivity contribution in [1.82, 2.24) is 49.7 Å². The van der Waals surface area contributed by atoms with E-state index in [0.29, 0.717) is 16.8 Å². The van der Waals surface area contributed by atoms with E-state index in [0.717, 1.165) is 68.2 Å². The van der Waals surface area contributed by atoms with Gasteiger partial charge in [-0.05, 0) is 98.7 Å². The van der Waals surface area contributed by atoms with Gasteiger partial charge in [-0.25, -0.2) is 10.5 Å². The van der Waals surface area contributed by atoms with Crippen LogP contribution in [0.5, 0.6) is 0 Å². The number of allylic oxidation sites excluding steroid dienone is 5. The molecule has 1 atom stereocenters. The number of carbonyl (C=O) groups excluding carboxylic acids is 2. The number of imidazole rings is 1. The number of nitrogens with zero attached hydrogens (tertiary/aromatic N) is 12. The molecule has 1 unspecified atom stereocenters. The first-order valence-electron chi connectivity index (χ1n) is 30.9. The second-order valence-corrected chi connectivity index (χ2v) is 21.9. The van der Waals surface area contributed by atoms with Crippen molar-refractivity contribution in [2.24, 2.45) is 4.40 Å². The van der Waals surface area contributed by atoms with Gasteiger partial charge in [0.2, 0.25) is 0 Å². The van der Waals surface area contributed by atoms with E-state index in [9.17, 15) is 22.8 Å². The average Bonchev–Trinajstić information content (AvgIpc) is 1.49. The molecule has 15 rings (SSSR count). The molecular weight excluding hydrogens is 2440 g/mol. The van der Waals surface area contributed by atoms with Crippen molar-refractivity contribution >= 4 is 46.5 Å². The van der Waals surface area contributed by atoms with Crippen molar-refractivity contribution in [1.29, 1.82) is 0 Å². The maximum absolute atomic E-state index is 12.6. The summed E-state index contributed by atoms with van der Waals surface area (Å²) in [6.45, 7) is 9.17. The number of hydrogen-bond donors (Lipinski definition) is 2. The summed E-state index contributed by atoms with van der Waals surface area (Å²) in [5.74, 6) is 0.789. The molecule has 26 heteroatoms. The van der Waals surface area contributed by atoms with Crippen LogP contribution >= 0.6 is 12.1 Å². The smallest absolute Gasteiger partial charge is 0.399 e. The molecule has 2 aliphatic rings. The first-order valence-corrected chi connectivity index (χ1v) is 31.6. The first-order chi connectivity index (χ1) is 48.4. The molecule has 6 radical (unpaired) electrons. The Morgan fingerprint density at radius 2 is 1.12 bits per heavy atom. The number of aliphatic hydroxyl groups is 2. The van der Waals surface area contributed by atoms with E-state index < -0.39 is 11.7 Å². The Balaban J connectivity index is 0.000000416. The van der Waals surface area contributed by atoms with Gasteiger partial charge in [0.25, 0.3) is 0 Å². The number of ketones is 2. The number of hydrogen-bond acceptors (Lipinski definition) is 13. The maximum atomic E-state index is 12.6. The molecule has 7 heterocycles. The van der Waals surface area contributed by atoms with Gasteiger partial charge in [0.1, 0.15) is 11.0 Å².